The van der Waals surface area contributed by atoms with Crippen LogP contribution >= 0.6 is 11.3 Å². The molecule has 6 nitrogen and oxygen atoms in total. The van der Waals surface area contributed by atoms with Gasteiger partial charge in [0.2, 0.25) is 0 Å². The van der Waals surface area contributed by atoms with Gasteiger partial charge in [0, 0.05) is 26.2 Å². The van der Waals surface area contributed by atoms with Crippen LogP contribution in [0.2, 0.25) is 0 Å². The van der Waals surface area contributed by atoms with Gasteiger partial charge in [0.05, 0.1) is 0 Å². The van der Waals surface area contributed by atoms with Gasteiger partial charge in [-0.2, -0.15) is 4.31 Å². The number of amides is 1. The fraction of sp³-hybridized carbons (Fsp3) is 0.667. The van der Waals surface area contributed by atoms with Crippen molar-refractivity contribution in [1.29, 1.82) is 0 Å². The van der Waals surface area contributed by atoms with E-state index in [-0.39, 0.29) is 18.7 Å². The summed E-state index contributed by atoms with van der Waals surface area (Å²) in [5.41, 5.74) is -0.556. The van der Waals surface area contributed by atoms with Crippen LogP contribution in [0.1, 0.15) is 33.6 Å². The third-order valence-corrected chi connectivity index (χ3v) is 6.83. The second kappa shape index (κ2) is 6.78. The van der Waals surface area contributed by atoms with Gasteiger partial charge in [-0.25, -0.2) is 13.2 Å². The molecule has 23 heavy (non-hydrogen) atoms. The lowest BCUT2D eigenvalue weighted by Gasteiger charge is -2.30. The van der Waals surface area contributed by atoms with Crippen LogP contribution in [-0.2, 0) is 14.8 Å². The first kappa shape index (κ1) is 18.2. The molecule has 0 saturated carbocycles. The molecular weight excluding hydrogens is 336 g/mol. The Morgan fingerprint density at radius 2 is 2.17 bits per heavy atom. The lowest BCUT2D eigenvalue weighted by molar-refractivity contribution is 0.0216. The quantitative estimate of drug-likeness (QED) is 0.828. The minimum absolute atomic E-state index is 0.149. The van der Waals surface area contributed by atoms with E-state index in [0.29, 0.717) is 10.8 Å². The van der Waals surface area contributed by atoms with Gasteiger partial charge in [-0.1, -0.05) is 6.07 Å². The molecule has 1 amide bonds. The van der Waals surface area contributed by atoms with Crippen LogP contribution in [0.5, 0.6) is 0 Å². The van der Waals surface area contributed by atoms with Crippen molar-refractivity contribution in [3.63, 3.8) is 0 Å². The van der Waals surface area contributed by atoms with E-state index in [1.165, 1.54) is 15.6 Å². The van der Waals surface area contributed by atoms with Crippen molar-refractivity contribution in [3.05, 3.63) is 17.5 Å². The van der Waals surface area contributed by atoms with Gasteiger partial charge in [0.25, 0.3) is 10.0 Å². The van der Waals surface area contributed by atoms with Crippen molar-refractivity contribution < 1.29 is 17.9 Å². The van der Waals surface area contributed by atoms with Crippen LogP contribution < -0.4 is 0 Å². The van der Waals surface area contributed by atoms with Gasteiger partial charge in [-0.3, -0.25) is 0 Å². The molecule has 1 atom stereocenters. The molecule has 1 aromatic heterocycles. The summed E-state index contributed by atoms with van der Waals surface area (Å²) in [5, 5.41) is 1.74. The number of nitrogens with zero attached hydrogens (tertiary/aromatic N) is 2. The summed E-state index contributed by atoms with van der Waals surface area (Å²) < 4.78 is 32.0. The minimum Gasteiger partial charge on any atom is -0.444 e. The number of sulfonamides is 1. The molecule has 1 fully saturated rings. The Morgan fingerprint density at radius 1 is 1.48 bits per heavy atom. The van der Waals surface area contributed by atoms with Crippen LogP contribution in [0.3, 0.4) is 0 Å². The molecule has 1 aromatic rings. The first-order valence-corrected chi connectivity index (χ1v) is 9.93. The van der Waals surface area contributed by atoms with E-state index in [1.807, 2.05) is 20.8 Å². The summed E-state index contributed by atoms with van der Waals surface area (Å²) in [6.45, 7) is 6.35. The van der Waals surface area contributed by atoms with Gasteiger partial charge in [0.15, 0.2) is 0 Å². The predicted molar refractivity (Wildman–Crippen MR) is 90.1 cm³/mol. The van der Waals surface area contributed by atoms with Crippen LogP contribution in [-0.4, -0.2) is 55.5 Å². The maximum absolute atomic E-state index is 12.5. The fourth-order valence-electron chi connectivity index (χ4n) is 2.55. The number of carbonyl (C=O) groups excluding carboxylic acids is 1. The van der Waals surface area contributed by atoms with Gasteiger partial charge in [-0.15, -0.1) is 11.3 Å². The number of rotatable bonds is 4. The summed E-state index contributed by atoms with van der Waals surface area (Å²) >= 11 is 1.20. The minimum atomic E-state index is -3.49. The molecule has 0 aliphatic carbocycles. The highest BCUT2D eigenvalue weighted by Crippen LogP contribution is 2.25. The average Bonchev–Trinajstić information content (AvgIpc) is 3.07. The number of ether oxygens (including phenoxy) is 1. The van der Waals surface area contributed by atoms with E-state index in [4.69, 9.17) is 4.74 Å². The smallest absolute Gasteiger partial charge is 0.410 e. The summed E-state index contributed by atoms with van der Waals surface area (Å²) in [4.78, 5) is 13.9. The van der Waals surface area contributed by atoms with Crippen molar-refractivity contribution >= 4 is 27.5 Å². The molecule has 0 spiro atoms. The maximum atomic E-state index is 12.5. The highest BCUT2D eigenvalue weighted by molar-refractivity contribution is 7.91. The molecule has 0 bridgehead atoms. The topological polar surface area (TPSA) is 66.9 Å². The zero-order valence-electron chi connectivity index (χ0n) is 14.0. The second-order valence-corrected chi connectivity index (χ2v) is 9.91. The van der Waals surface area contributed by atoms with E-state index in [0.717, 1.165) is 12.8 Å². The number of hydrogen-bond acceptors (Lipinski definition) is 5. The first-order chi connectivity index (χ1) is 10.6. The van der Waals surface area contributed by atoms with E-state index in [2.05, 4.69) is 0 Å². The van der Waals surface area contributed by atoms with Crippen molar-refractivity contribution in [2.75, 3.05) is 20.1 Å². The number of likely N-dealkylation sites (tertiary alicyclic amines) is 1. The molecule has 1 aliphatic rings. The van der Waals surface area contributed by atoms with Gasteiger partial charge in [0.1, 0.15) is 9.81 Å². The monoisotopic (exact) mass is 360 g/mol. The Morgan fingerprint density at radius 3 is 2.74 bits per heavy atom. The molecule has 130 valence electrons. The lowest BCUT2D eigenvalue weighted by Crippen LogP contribution is -2.45. The molecule has 0 unspecified atom stereocenters. The summed E-state index contributed by atoms with van der Waals surface area (Å²) in [5.74, 6) is 0. The predicted octanol–water partition coefficient (Wildman–Crippen LogP) is 2.77. The number of hydrogen-bond donors (Lipinski definition) is 0. The Hall–Kier alpha value is -1.12. The van der Waals surface area contributed by atoms with Crippen LogP contribution in [0.4, 0.5) is 4.79 Å². The molecule has 8 heteroatoms. The van der Waals surface area contributed by atoms with Crippen LogP contribution in [0, 0.1) is 0 Å². The van der Waals surface area contributed by atoms with Gasteiger partial charge < -0.3 is 9.64 Å². The standard InChI is InChI=1S/C15H24N2O4S2/c1-15(2,3)21-14(18)17-9-5-7-12(17)11-16(4)23(19,20)13-8-6-10-22-13/h6,8,10,12H,5,7,9,11H2,1-4H3/t12-/m1/s1. The summed E-state index contributed by atoms with van der Waals surface area (Å²) in [7, 11) is -1.94. The average molecular weight is 361 g/mol. The molecule has 2 heterocycles. The Kier molecular flexibility index (Phi) is 5.37. The van der Waals surface area contributed by atoms with Crippen molar-refractivity contribution in [2.45, 2.75) is 49.5 Å². The second-order valence-electron chi connectivity index (χ2n) is 6.69. The van der Waals surface area contributed by atoms with Crippen molar-refractivity contribution in [3.8, 4) is 0 Å². The molecular formula is C15H24N2O4S2. The third kappa shape index (κ3) is 4.45. The number of carbonyl (C=O) groups is 1. The number of likely N-dealkylation sites (N-methyl/N-ethyl adjacent to an activating group) is 1. The lowest BCUT2D eigenvalue weighted by atomic mass is 10.2. The third-order valence-electron chi connectivity index (χ3n) is 3.63. The SMILES string of the molecule is CN(C[C@H]1CCCN1C(=O)OC(C)(C)C)S(=O)(=O)c1cccs1. The molecule has 1 aliphatic heterocycles. The van der Waals surface area contributed by atoms with Gasteiger partial charge >= 0.3 is 6.09 Å². The largest absolute Gasteiger partial charge is 0.444 e. The first-order valence-electron chi connectivity index (χ1n) is 7.61. The fourth-order valence-corrected chi connectivity index (χ4v) is 4.95. The van der Waals surface area contributed by atoms with Crippen LogP contribution in [0.25, 0.3) is 0 Å². The Labute approximate surface area is 142 Å². The van der Waals surface area contributed by atoms with Crippen molar-refractivity contribution in [1.82, 2.24) is 9.21 Å². The summed E-state index contributed by atoms with van der Waals surface area (Å²) in [6, 6.07) is 3.16. The normalized spacial score (nSPS) is 19.3. The zero-order chi connectivity index (χ0) is 17.3. The van der Waals surface area contributed by atoms with E-state index in [1.54, 1.807) is 29.5 Å². The van der Waals surface area contributed by atoms with Crippen molar-refractivity contribution in [2.24, 2.45) is 0 Å². The highest BCUT2D eigenvalue weighted by Gasteiger charge is 2.35. The van der Waals surface area contributed by atoms with E-state index < -0.39 is 15.6 Å². The van der Waals surface area contributed by atoms with Gasteiger partial charge in [-0.05, 0) is 45.1 Å². The Balaban J connectivity index is 2.05. The molecule has 2 rings (SSSR count). The number of thiophene rings is 1. The van der Waals surface area contributed by atoms with Crippen LogP contribution in [0.15, 0.2) is 21.7 Å². The Bertz CT molecular complexity index is 635. The molecule has 0 radical (unpaired) electrons. The van der Waals surface area contributed by atoms with E-state index in [9.17, 15) is 13.2 Å². The highest BCUT2D eigenvalue weighted by atomic mass is 32.2. The van der Waals surface area contributed by atoms with E-state index >= 15 is 0 Å². The molecule has 0 N–H and O–H groups in total. The summed E-state index contributed by atoms with van der Waals surface area (Å²) in [6.07, 6.45) is 1.27. The zero-order valence-corrected chi connectivity index (χ0v) is 15.6. The molecule has 0 aromatic carbocycles. The maximum Gasteiger partial charge on any atom is 0.410 e. The molecule has 1 saturated heterocycles.